The maximum Gasteiger partial charge on any atom is 0.343 e. The van der Waals surface area contributed by atoms with Crippen LogP contribution in [0.25, 0.3) is 22.3 Å². The highest BCUT2D eigenvalue weighted by Crippen LogP contribution is 2.44. The lowest BCUT2D eigenvalue weighted by Crippen LogP contribution is -2.45. The number of nitrogen functional groups attached to an aromatic ring is 1. The van der Waals surface area contributed by atoms with Gasteiger partial charge in [0.05, 0.1) is 54.1 Å². The molecule has 1 amide bonds. The third-order valence-electron chi connectivity index (χ3n) is 7.68. The van der Waals surface area contributed by atoms with E-state index in [2.05, 4.69) is 5.10 Å². The van der Waals surface area contributed by atoms with Crippen molar-refractivity contribution in [3.63, 3.8) is 0 Å². The Bertz CT molecular complexity index is 1820. The van der Waals surface area contributed by atoms with Gasteiger partial charge in [0.2, 0.25) is 0 Å². The first-order valence-corrected chi connectivity index (χ1v) is 13.2. The third kappa shape index (κ3) is 4.00. The number of nitrogens with two attached hydrogens (primary N) is 1. The Morgan fingerprint density at radius 2 is 1.90 bits per heavy atom. The van der Waals surface area contributed by atoms with E-state index in [0.29, 0.717) is 33.6 Å². The van der Waals surface area contributed by atoms with Crippen molar-refractivity contribution in [2.45, 2.75) is 32.1 Å². The number of carbonyl (C=O) groups excluding carboxylic acids is 2. The Morgan fingerprint density at radius 3 is 2.63 bits per heavy atom. The predicted molar refractivity (Wildman–Crippen MR) is 151 cm³/mol. The number of ether oxygens (including phenoxy) is 1. The summed E-state index contributed by atoms with van der Waals surface area (Å²) in [7, 11) is 0. The SMILES string of the molecule is CC[C@@]1(O)C(=O)OCc2c1c(N)c1n(c2=O)Cc2c-1nc1ccccc1c2C=NN(CCO)C(=O)c1ccccc1. The zero-order chi connectivity index (χ0) is 28.9. The standard InChI is InChI=1S/C30H27N5O6/c1-2-30(40)23-21(16-41-29(30)39)28(38)34-15-20-19(14-32-35(12-13-36)27(37)17-8-4-3-5-9-17)18-10-6-7-11-22(18)33-25(20)26(34)24(23)31/h3-11,14,36,40H,2,12-13,15-16,31H2,1H3/t30-/m0/s1. The fourth-order valence-electron chi connectivity index (χ4n) is 5.59. The summed E-state index contributed by atoms with van der Waals surface area (Å²) in [5.74, 6) is -1.24. The molecule has 11 nitrogen and oxygen atoms in total. The fourth-order valence-corrected chi connectivity index (χ4v) is 5.59. The van der Waals surface area contributed by atoms with Gasteiger partial charge in [-0.25, -0.2) is 14.8 Å². The van der Waals surface area contributed by atoms with E-state index in [4.69, 9.17) is 15.5 Å². The van der Waals surface area contributed by atoms with E-state index in [0.717, 1.165) is 5.39 Å². The summed E-state index contributed by atoms with van der Waals surface area (Å²) in [6, 6.07) is 16.0. The van der Waals surface area contributed by atoms with Gasteiger partial charge in [0, 0.05) is 27.6 Å². The van der Waals surface area contributed by atoms with E-state index in [1.165, 1.54) is 15.8 Å². The second-order valence-corrected chi connectivity index (χ2v) is 9.93. The van der Waals surface area contributed by atoms with Gasteiger partial charge in [0.1, 0.15) is 6.61 Å². The monoisotopic (exact) mass is 553 g/mol. The van der Waals surface area contributed by atoms with Crippen LogP contribution in [0.2, 0.25) is 0 Å². The van der Waals surface area contributed by atoms with Crippen LogP contribution in [0.5, 0.6) is 0 Å². The molecule has 0 saturated carbocycles. The Morgan fingerprint density at radius 1 is 1.17 bits per heavy atom. The lowest BCUT2D eigenvalue weighted by atomic mass is 9.84. The number of carbonyl (C=O) groups is 2. The minimum atomic E-state index is -2.06. The first-order chi connectivity index (χ1) is 19.8. The minimum absolute atomic E-state index is 0.0294. The summed E-state index contributed by atoms with van der Waals surface area (Å²) in [5.41, 5.74) is 7.42. The number of hydrogen-bond acceptors (Lipinski definition) is 9. The number of hydrazone groups is 1. The van der Waals surface area contributed by atoms with Gasteiger partial charge >= 0.3 is 5.97 Å². The van der Waals surface area contributed by atoms with Gasteiger partial charge in [-0.3, -0.25) is 9.59 Å². The average Bonchev–Trinajstić information content (AvgIpc) is 3.38. The number of hydrogen-bond donors (Lipinski definition) is 3. The molecular formula is C30H27N5O6. The summed E-state index contributed by atoms with van der Waals surface area (Å²) in [6.45, 7) is 1.10. The number of aliphatic hydroxyl groups is 2. The highest BCUT2D eigenvalue weighted by Gasteiger charge is 2.47. The molecule has 0 unspecified atom stereocenters. The smallest absolute Gasteiger partial charge is 0.343 e. The number of amides is 1. The van der Waals surface area contributed by atoms with Crippen LogP contribution in [0.1, 0.15) is 46.0 Å². The lowest BCUT2D eigenvalue weighted by molar-refractivity contribution is -0.172. The summed E-state index contributed by atoms with van der Waals surface area (Å²) in [6.07, 6.45) is 1.50. The molecule has 0 radical (unpaired) electrons. The Balaban J connectivity index is 1.55. The van der Waals surface area contributed by atoms with E-state index in [1.807, 2.05) is 24.3 Å². The molecule has 11 heteroatoms. The molecule has 0 bridgehead atoms. The molecule has 2 aromatic carbocycles. The second-order valence-electron chi connectivity index (χ2n) is 9.93. The molecule has 2 aromatic heterocycles. The van der Waals surface area contributed by atoms with E-state index in [1.54, 1.807) is 37.3 Å². The van der Waals surface area contributed by atoms with E-state index in [9.17, 15) is 24.6 Å². The van der Waals surface area contributed by atoms with Gasteiger partial charge in [0.15, 0.2) is 5.60 Å². The number of para-hydroxylation sites is 1. The molecule has 4 N–H and O–H groups in total. The average molecular weight is 554 g/mol. The molecule has 2 aliphatic heterocycles. The second kappa shape index (κ2) is 9.95. The first-order valence-electron chi connectivity index (χ1n) is 13.2. The molecule has 208 valence electrons. The van der Waals surface area contributed by atoms with Crippen LogP contribution in [-0.4, -0.2) is 56.0 Å². The Hall–Kier alpha value is -4.87. The van der Waals surface area contributed by atoms with Gasteiger partial charge < -0.3 is 25.3 Å². The van der Waals surface area contributed by atoms with Crippen molar-refractivity contribution in [3.05, 3.63) is 92.8 Å². The largest absolute Gasteiger partial charge is 0.458 e. The number of aliphatic hydroxyl groups excluding tert-OH is 1. The van der Waals surface area contributed by atoms with Crippen molar-refractivity contribution in [3.8, 4) is 11.4 Å². The highest BCUT2D eigenvalue weighted by molar-refractivity contribution is 6.04. The van der Waals surface area contributed by atoms with Crippen LogP contribution < -0.4 is 11.3 Å². The molecule has 0 aliphatic carbocycles. The number of pyridine rings is 2. The topological polar surface area (TPSA) is 160 Å². The lowest BCUT2D eigenvalue weighted by Gasteiger charge is -2.33. The molecule has 4 aromatic rings. The van der Waals surface area contributed by atoms with Gasteiger partial charge in [0.25, 0.3) is 11.5 Å². The van der Waals surface area contributed by atoms with Crippen molar-refractivity contribution in [1.29, 1.82) is 0 Å². The zero-order valence-electron chi connectivity index (χ0n) is 22.2. The molecule has 0 spiro atoms. The van der Waals surface area contributed by atoms with Gasteiger partial charge in [-0.15, -0.1) is 0 Å². The van der Waals surface area contributed by atoms with Crippen molar-refractivity contribution in [2.75, 3.05) is 18.9 Å². The van der Waals surface area contributed by atoms with E-state index < -0.39 is 17.1 Å². The summed E-state index contributed by atoms with van der Waals surface area (Å²) in [4.78, 5) is 44.3. The summed E-state index contributed by atoms with van der Waals surface area (Å²) >= 11 is 0. The summed E-state index contributed by atoms with van der Waals surface area (Å²) < 4.78 is 6.63. The van der Waals surface area contributed by atoms with Crippen LogP contribution >= 0.6 is 0 Å². The van der Waals surface area contributed by atoms with Crippen LogP contribution in [-0.2, 0) is 28.3 Å². The third-order valence-corrected chi connectivity index (χ3v) is 7.68. The molecule has 1 atom stereocenters. The number of fused-ring (bicyclic) bond motifs is 5. The number of benzene rings is 2. The summed E-state index contributed by atoms with van der Waals surface area (Å²) in [5, 5.41) is 27.3. The van der Waals surface area contributed by atoms with Gasteiger partial charge in [-0.05, 0) is 24.6 Å². The number of anilines is 1. The molecule has 6 rings (SSSR count). The first kappa shape index (κ1) is 26.4. The van der Waals surface area contributed by atoms with Gasteiger partial charge in [-0.2, -0.15) is 5.10 Å². The number of aromatic nitrogens is 2. The molecular weight excluding hydrogens is 526 g/mol. The molecule has 4 heterocycles. The Kier molecular flexibility index (Phi) is 6.40. The highest BCUT2D eigenvalue weighted by atomic mass is 16.6. The van der Waals surface area contributed by atoms with E-state index in [-0.39, 0.29) is 55.4 Å². The maximum atomic E-state index is 13.7. The fraction of sp³-hybridized carbons (Fsp3) is 0.233. The number of cyclic esters (lactones) is 1. The van der Waals surface area contributed by atoms with Crippen LogP contribution in [0.4, 0.5) is 5.69 Å². The van der Waals surface area contributed by atoms with Crippen LogP contribution in [0, 0.1) is 0 Å². The van der Waals surface area contributed by atoms with Crippen LogP contribution in [0.15, 0.2) is 64.5 Å². The molecule has 2 aliphatic rings. The van der Waals surface area contributed by atoms with Crippen molar-refractivity contribution in [2.24, 2.45) is 5.10 Å². The van der Waals surface area contributed by atoms with Crippen molar-refractivity contribution < 1.29 is 24.5 Å². The van der Waals surface area contributed by atoms with Crippen LogP contribution in [0.3, 0.4) is 0 Å². The number of rotatable bonds is 6. The Labute approximate surface area is 234 Å². The zero-order valence-corrected chi connectivity index (χ0v) is 22.2. The number of nitrogens with zero attached hydrogens (tertiary/aromatic N) is 4. The quantitative estimate of drug-likeness (QED) is 0.164. The van der Waals surface area contributed by atoms with E-state index >= 15 is 0 Å². The molecule has 0 saturated heterocycles. The van der Waals surface area contributed by atoms with Crippen molar-refractivity contribution >= 4 is 34.7 Å². The molecule has 0 fully saturated rings. The minimum Gasteiger partial charge on any atom is -0.458 e. The van der Waals surface area contributed by atoms with Crippen molar-refractivity contribution in [1.82, 2.24) is 14.6 Å². The normalized spacial score (nSPS) is 17.3. The maximum absolute atomic E-state index is 13.7. The predicted octanol–water partition coefficient (Wildman–Crippen LogP) is 2.13. The number of esters is 1. The van der Waals surface area contributed by atoms with Gasteiger partial charge in [-0.1, -0.05) is 43.3 Å². The molecule has 41 heavy (non-hydrogen) atoms.